The van der Waals surface area contributed by atoms with Crippen LogP contribution in [0.25, 0.3) is 82.5 Å². The molecule has 166 valence electrons. The van der Waals surface area contributed by atoms with E-state index in [0.29, 0.717) is 0 Å². The third kappa shape index (κ3) is 2.24. The van der Waals surface area contributed by atoms with E-state index in [1.165, 1.54) is 27.4 Å². The van der Waals surface area contributed by atoms with E-state index in [2.05, 4.69) is 71.1 Å². The third-order valence-electron chi connectivity index (χ3n) is 7.52. The van der Waals surface area contributed by atoms with Crippen molar-refractivity contribution in [3.8, 4) is 11.1 Å². The molecular formula is C32H17N3O. The maximum absolute atomic E-state index is 6.04. The van der Waals surface area contributed by atoms with Gasteiger partial charge in [0.1, 0.15) is 16.7 Å². The highest BCUT2D eigenvalue weighted by Crippen LogP contribution is 2.40. The van der Waals surface area contributed by atoms with Gasteiger partial charge in [0.05, 0.1) is 22.1 Å². The molecule has 36 heavy (non-hydrogen) atoms. The number of furan rings is 1. The van der Waals surface area contributed by atoms with Gasteiger partial charge in [-0.15, -0.1) is 0 Å². The lowest BCUT2D eigenvalue weighted by Gasteiger charge is -2.04. The molecule has 0 amide bonds. The Kier molecular flexibility index (Phi) is 3.25. The van der Waals surface area contributed by atoms with Crippen molar-refractivity contribution < 1.29 is 4.42 Å². The molecule has 0 N–H and O–H groups in total. The van der Waals surface area contributed by atoms with Gasteiger partial charge in [0.2, 0.25) is 0 Å². The Morgan fingerprint density at radius 2 is 1.22 bits per heavy atom. The van der Waals surface area contributed by atoms with Crippen molar-refractivity contribution in [2.75, 3.05) is 0 Å². The Morgan fingerprint density at radius 1 is 0.528 bits per heavy atom. The average Bonchev–Trinajstić information content (AvgIpc) is 3.57. The topological polar surface area (TPSA) is 43.3 Å². The second-order valence-corrected chi connectivity index (χ2v) is 9.46. The molecule has 0 saturated heterocycles. The largest absolute Gasteiger partial charge is 0.456 e. The minimum atomic E-state index is 0.911. The highest BCUT2D eigenvalue weighted by atomic mass is 16.3. The quantitative estimate of drug-likeness (QED) is 0.248. The van der Waals surface area contributed by atoms with Crippen molar-refractivity contribution in [3.05, 3.63) is 103 Å². The van der Waals surface area contributed by atoms with Gasteiger partial charge in [-0.1, -0.05) is 60.7 Å². The summed E-state index contributed by atoms with van der Waals surface area (Å²) in [5, 5.41) is 5.88. The lowest BCUT2D eigenvalue weighted by atomic mass is 10.0. The van der Waals surface area contributed by atoms with Crippen molar-refractivity contribution in [1.82, 2.24) is 14.4 Å². The Bertz CT molecular complexity index is 2320. The molecule has 0 aliphatic rings. The summed E-state index contributed by atoms with van der Waals surface area (Å²) in [5.74, 6) is 0. The van der Waals surface area contributed by atoms with Crippen LogP contribution in [0.5, 0.6) is 0 Å². The molecule has 4 heteroatoms. The summed E-state index contributed by atoms with van der Waals surface area (Å²) in [6.07, 6.45) is 0. The lowest BCUT2D eigenvalue weighted by Crippen LogP contribution is -1.89. The van der Waals surface area contributed by atoms with Crippen molar-refractivity contribution >= 4 is 71.3 Å². The van der Waals surface area contributed by atoms with E-state index < -0.39 is 0 Å². The number of benzene rings is 5. The van der Waals surface area contributed by atoms with Gasteiger partial charge in [-0.25, -0.2) is 9.97 Å². The van der Waals surface area contributed by atoms with Gasteiger partial charge in [0.25, 0.3) is 0 Å². The summed E-state index contributed by atoms with van der Waals surface area (Å²) in [6, 6.07) is 36.0. The summed E-state index contributed by atoms with van der Waals surface area (Å²) in [4.78, 5) is 10.0. The molecule has 0 aliphatic heterocycles. The molecular weight excluding hydrogens is 442 g/mol. The number of aromatic nitrogens is 3. The molecule has 0 spiro atoms. The third-order valence-corrected chi connectivity index (χ3v) is 7.52. The molecule has 0 unspecified atom stereocenters. The highest BCUT2D eigenvalue weighted by molar-refractivity contribution is 6.22. The Labute approximate surface area is 204 Å². The monoisotopic (exact) mass is 459 g/mol. The van der Waals surface area contributed by atoms with Crippen LogP contribution in [-0.4, -0.2) is 14.4 Å². The van der Waals surface area contributed by atoms with Gasteiger partial charge in [0, 0.05) is 26.9 Å². The van der Waals surface area contributed by atoms with Gasteiger partial charge in [-0.05, 0) is 53.6 Å². The van der Waals surface area contributed by atoms with Gasteiger partial charge in [-0.3, -0.25) is 4.40 Å². The van der Waals surface area contributed by atoms with Crippen LogP contribution in [-0.2, 0) is 0 Å². The smallest absolute Gasteiger partial charge is 0.165 e. The standard InChI is InChI=1S/C32H17N3O/c1-4-11-28-20(6-1)24-17-19(13-15-29(24)36-28)18-12-14-27-23(16-18)21-7-5-8-22-30-32(35(27)31(21)22)34-26-10-3-2-9-25(26)33-30/h1-17H. The van der Waals surface area contributed by atoms with Crippen molar-refractivity contribution in [3.63, 3.8) is 0 Å². The Morgan fingerprint density at radius 3 is 2.14 bits per heavy atom. The predicted molar refractivity (Wildman–Crippen MR) is 147 cm³/mol. The number of hydrogen-bond acceptors (Lipinski definition) is 3. The number of rotatable bonds is 1. The van der Waals surface area contributed by atoms with Gasteiger partial charge >= 0.3 is 0 Å². The zero-order chi connectivity index (χ0) is 23.4. The summed E-state index contributed by atoms with van der Waals surface area (Å²) in [6.45, 7) is 0. The molecule has 0 aliphatic carbocycles. The molecule has 9 rings (SSSR count). The summed E-state index contributed by atoms with van der Waals surface area (Å²) in [5.41, 5.74) is 10.2. The molecule has 9 aromatic rings. The van der Waals surface area contributed by atoms with Crippen LogP contribution < -0.4 is 0 Å². The van der Waals surface area contributed by atoms with Crippen LogP contribution in [0.4, 0.5) is 0 Å². The van der Waals surface area contributed by atoms with Gasteiger partial charge in [-0.2, -0.15) is 0 Å². The van der Waals surface area contributed by atoms with Crippen LogP contribution in [0.2, 0.25) is 0 Å². The summed E-state index contributed by atoms with van der Waals surface area (Å²) in [7, 11) is 0. The normalized spacial score (nSPS) is 12.4. The SMILES string of the molecule is c1ccc2nc3c(nc2c1)c1cccc2c4cc(-c5ccc6oc7ccccc7c6c5)ccc4n3c21. The first-order valence-corrected chi connectivity index (χ1v) is 12.1. The van der Waals surface area contributed by atoms with Crippen LogP contribution in [0.1, 0.15) is 0 Å². The summed E-state index contributed by atoms with van der Waals surface area (Å²) >= 11 is 0. The molecule has 0 bridgehead atoms. The van der Waals surface area contributed by atoms with Crippen LogP contribution in [0.15, 0.2) is 108 Å². The maximum atomic E-state index is 6.04. The second kappa shape index (κ2) is 6.37. The van der Waals surface area contributed by atoms with Gasteiger partial charge < -0.3 is 4.42 Å². The van der Waals surface area contributed by atoms with E-state index in [9.17, 15) is 0 Å². The number of nitrogens with zero attached hydrogens (tertiary/aromatic N) is 3. The lowest BCUT2D eigenvalue weighted by molar-refractivity contribution is 0.669. The van der Waals surface area contributed by atoms with E-state index in [0.717, 1.165) is 55.0 Å². The molecule has 4 heterocycles. The minimum Gasteiger partial charge on any atom is -0.456 e. The molecule has 5 aromatic carbocycles. The first kappa shape index (κ1) is 18.4. The van der Waals surface area contributed by atoms with Gasteiger partial charge in [0.15, 0.2) is 5.65 Å². The number of hydrogen-bond donors (Lipinski definition) is 0. The number of fused-ring (bicyclic) bond motifs is 10. The first-order valence-electron chi connectivity index (χ1n) is 12.1. The van der Waals surface area contributed by atoms with Crippen LogP contribution in [0.3, 0.4) is 0 Å². The van der Waals surface area contributed by atoms with E-state index in [1.54, 1.807) is 0 Å². The first-order chi connectivity index (χ1) is 17.8. The predicted octanol–water partition coefficient (Wildman–Crippen LogP) is 8.35. The fraction of sp³-hybridized carbons (Fsp3) is 0. The fourth-order valence-electron chi connectivity index (χ4n) is 5.89. The van der Waals surface area contributed by atoms with Crippen molar-refractivity contribution in [2.45, 2.75) is 0 Å². The molecule has 4 nitrogen and oxygen atoms in total. The van der Waals surface area contributed by atoms with E-state index in [-0.39, 0.29) is 0 Å². The van der Waals surface area contributed by atoms with E-state index in [4.69, 9.17) is 14.4 Å². The zero-order valence-corrected chi connectivity index (χ0v) is 19.1. The molecule has 0 saturated carbocycles. The fourth-order valence-corrected chi connectivity index (χ4v) is 5.89. The molecule has 0 fully saturated rings. The zero-order valence-electron chi connectivity index (χ0n) is 19.1. The van der Waals surface area contributed by atoms with E-state index in [1.807, 2.05) is 36.4 Å². The molecule has 0 atom stereocenters. The Hall–Kier alpha value is -4.96. The van der Waals surface area contributed by atoms with E-state index >= 15 is 0 Å². The van der Waals surface area contributed by atoms with Crippen LogP contribution >= 0.6 is 0 Å². The van der Waals surface area contributed by atoms with Crippen LogP contribution in [0, 0.1) is 0 Å². The van der Waals surface area contributed by atoms with Crippen molar-refractivity contribution in [2.24, 2.45) is 0 Å². The minimum absolute atomic E-state index is 0.911. The maximum Gasteiger partial charge on any atom is 0.165 e. The highest BCUT2D eigenvalue weighted by Gasteiger charge is 2.20. The van der Waals surface area contributed by atoms with Crippen molar-refractivity contribution in [1.29, 1.82) is 0 Å². The summed E-state index contributed by atoms with van der Waals surface area (Å²) < 4.78 is 8.33. The second-order valence-electron chi connectivity index (χ2n) is 9.46. The average molecular weight is 460 g/mol. The number of para-hydroxylation sites is 4. The Balaban J connectivity index is 1.35. The molecule has 4 aromatic heterocycles. The molecule has 0 radical (unpaired) electrons.